The highest BCUT2D eigenvalue weighted by Crippen LogP contribution is 2.39. The molecule has 4 unspecified atom stereocenters. The molecule has 0 aliphatic rings. The van der Waals surface area contributed by atoms with E-state index in [1.165, 1.54) is 26.4 Å². The van der Waals surface area contributed by atoms with E-state index in [2.05, 4.69) is 63.7 Å². The molecule has 0 fully saturated rings. The molecule has 168 valence electrons. The molecule has 2 aromatic rings. The summed E-state index contributed by atoms with van der Waals surface area (Å²) < 4.78 is 10.2. The van der Waals surface area contributed by atoms with Crippen LogP contribution < -0.4 is 9.47 Å². The minimum absolute atomic E-state index is 0.00469. The van der Waals surface area contributed by atoms with Crippen molar-refractivity contribution in [3.8, 4) is 23.0 Å². The summed E-state index contributed by atoms with van der Waals surface area (Å²) in [5.74, 6) is -0.0307. The number of carbonyl (C=O) groups is 2. The summed E-state index contributed by atoms with van der Waals surface area (Å²) in [4.78, 5) is 23.2. The lowest BCUT2D eigenvalue weighted by Gasteiger charge is -2.20. The highest BCUT2D eigenvalue weighted by Gasteiger charge is 2.31. The van der Waals surface area contributed by atoms with E-state index in [1.54, 1.807) is 24.3 Å². The third kappa shape index (κ3) is 6.46. The number of hydrogen-bond donors (Lipinski definition) is 2. The number of alkyl halides is 4. The molecule has 4 atom stereocenters. The number of methoxy groups -OCH3 is 2. The molecular weight excluding hydrogens is 668 g/mol. The van der Waals surface area contributed by atoms with Crippen LogP contribution in [0.2, 0.25) is 0 Å². The number of benzene rings is 2. The summed E-state index contributed by atoms with van der Waals surface area (Å²) >= 11 is 13.7. The van der Waals surface area contributed by atoms with Gasteiger partial charge in [0.1, 0.15) is 0 Å². The van der Waals surface area contributed by atoms with Crippen LogP contribution in [-0.2, 0) is 9.59 Å². The Morgan fingerprint density at radius 2 is 1.13 bits per heavy atom. The van der Waals surface area contributed by atoms with Crippen molar-refractivity contribution in [1.82, 2.24) is 0 Å². The van der Waals surface area contributed by atoms with Gasteiger partial charge in [-0.2, -0.15) is 0 Å². The molecule has 0 amide bonds. The zero-order valence-electron chi connectivity index (χ0n) is 16.5. The van der Waals surface area contributed by atoms with Gasteiger partial charge in [-0.25, -0.2) is 0 Å². The molecule has 2 aromatic carbocycles. The fraction of sp³-hybridized carbons (Fsp3) is 0.333. The summed E-state index contributed by atoms with van der Waals surface area (Å²) in [5.41, 5.74) is 1.42. The summed E-state index contributed by atoms with van der Waals surface area (Å²) in [6, 6.07) is 9.54. The molecule has 0 heterocycles. The SMILES string of the molecule is COc1cc(C(Br)C(Br)C(=O)CC(=O)C(Br)C(Br)c2ccc(O)c(OC)c2)ccc1O. The molecule has 2 rings (SSSR count). The Balaban J connectivity index is 2.07. The molecule has 0 spiro atoms. The van der Waals surface area contributed by atoms with Gasteiger partial charge >= 0.3 is 0 Å². The number of phenols is 2. The molecule has 31 heavy (non-hydrogen) atoms. The van der Waals surface area contributed by atoms with Crippen LogP contribution in [0.3, 0.4) is 0 Å². The van der Waals surface area contributed by atoms with Gasteiger partial charge in [0.25, 0.3) is 0 Å². The first-order valence-corrected chi connectivity index (χ1v) is 12.6. The lowest BCUT2D eigenvalue weighted by atomic mass is 10.0. The van der Waals surface area contributed by atoms with Gasteiger partial charge in [-0.1, -0.05) is 75.9 Å². The third-order valence-electron chi connectivity index (χ3n) is 4.52. The highest BCUT2D eigenvalue weighted by atomic mass is 79.9. The van der Waals surface area contributed by atoms with Gasteiger partial charge in [-0.05, 0) is 35.4 Å². The van der Waals surface area contributed by atoms with Crippen molar-refractivity contribution < 1.29 is 29.3 Å². The molecule has 0 saturated carbocycles. The Labute approximate surface area is 213 Å². The predicted octanol–water partition coefficient (Wildman–Crippen LogP) is 5.74. The molecular formula is C21H20Br4O6. The maximum Gasteiger partial charge on any atom is 0.160 e. The molecule has 0 aromatic heterocycles. The molecule has 0 aliphatic heterocycles. The molecule has 0 radical (unpaired) electrons. The van der Waals surface area contributed by atoms with Crippen molar-refractivity contribution in [2.75, 3.05) is 14.2 Å². The smallest absolute Gasteiger partial charge is 0.160 e. The van der Waals surface area contributed by atoms with Gasteiger partial charge in [0.15, 0.2) is 34.6 Å². The van der Waals surface area contributed by atoms with E-state index >= 15 is 0 Å². The van der Waals surface area contributed by atoms with Crippen molar-refractivity contribution in [1.29, 1.82) is 0 Å². The molecule has 0 aliphatic carbocycles. The quantitative estimate of drug-likeness (QED) is 0.245. The lowest BCUT2D eigenvalue weighted by molar-refractivity contribution is -0.126. The number of ketones is 2. The molecule has 2 N–H and O–H groups in total. The number of Topliss-reactive ketones (excluding diaryl/α,β-unsaturated/α-hetero) is 2. The summed E-state index contributed by atoms with van der Waals surface area (Å²) in [6.07, 6.45) is -0.291. The van der Waals surface area contributed by atoms with Gasteiger partial charge in [0.2, 0.25) is 0 Å². The van der Waals surface area contributed by atoms with E-state index in [1.807, 2.05) is 0 Å². The molecule has 0 saturated heterocycles. The highest BCUT2D eigenvalue weighted by molar-refractivity contribution is 9.12. The number of rotatable bonds is 10. The van der Waals surface area contributed by atoms with Crippen molar-refractivity contribution in [3.63, 3.8) is 0 Å². The van der Waals surface area contributed by atoms with E-state index < -0.39 is 19.3 Å². The first kappa shape index (κ1) is 26.2. The van der Waals surface area contributed by atoms with Crippen LogP contribution >= 0.6 is 63.7 Å². The van der Waals surface area contributed by atoms with E-state index in [9.17, 15) is 19.8 Å². The number of halogens is 4. The number of carbonyl (C=O) groups excluding carboxylic acids is 2. The normalized spacial score (nSPS) is 14.9. The molecule has 0 bridgehead atoms. The van der Waals surface area contributed by atoms with Crippen LogP contribution in [0.25, 0.3) is 0 Å². The van der Waals surface area contributed by atoms with Crippen molar-refractivity contribution >= 4 is 75.3 Å². The van der Waals surface area contributed by atoms with Gasteiger partial charge in [-0.15, -0.1) is 0 Å². The van der Waals surface area contributed by atoms with Crippen LogP contribution in [0, 0.1) is 0 Å². The van der Waals surface area contributed by atoms with Gasteiger partial charge < -0.3 is 19.7 Å². The maximum absolute atomic E-state index is 12.7. The third-order valence-corrected chi connectivity index (χ3v) is 10.1. The molecule has 6 nitrogen and oxygen atoms in total. The Hall–Kier alpha value is -1.10. The number of aromatic hydroxyl groups is 2. The van der Waals surface area contributed by atoms with E-state index in [4.69, 9.17) is 9.47 Å². The van der Waals surface area contributed by atoms with E-state index in [-0.39, 0.29) is 41.0 Å². The van der Waals surface area contributed by atoms with Crippen LogP contribution in [0.15, 0.2) is 36.4 Å². The standard InChI is InChI=1S/C21H20Br4O6/c1-30-16-7-10(3-5-12(16)26)18(22)20(24)14(28)9-15(29)21(25)19(23)11-4-6-13(27)17(8-11)31-2/h3-8,18-21,26-27H,9H2,1-2H3. The zero-order valence-corrected chi connectivity index (χ0v) is 22.9. The average Bonchev–Trinajstić information content (AvgIpc) is 2.77. The minimum atomic E-state index is -0.673. The van der Waals surface area contributed by atoms with Crippen molar-refractivity contribution in [2.45, 2.75) is 25.7 Å². The van der Waals surface area contributed by atoms with Gasteiger partial charge in [0.05, 0.1) is 39.9 Å². The first-order chi connectivity index (χ1) is 14.6. The van der Waals surface area contributed by atoms with Crippen LogP contribution in [0.4, 0.5) is 0 Å². The topological polar surface area (TPSA) is 93.1 Å². The second kappa shape index (κ2) is 11.7. The monoisotopic (exact) mass is 684 g/mol. The van der Waals surface area contributed by atoms with Gasteiger partial charge in [-0.3, -0.25) is 9.59 Å². The second-order valence-electron chi connectivity index (χ2n) is 6.58. The first-order valence-electron chi connectivity index (χ1n) is 8.96. The van der Waals surface area contributed by atoms with Crippen LogP contribution in [0.5, 0.6) is 23.0 Å². The fourth-order valence-electron chi connectivity index (χ4n) is 2.76. The number of hydrogen-bond acceptors (Lipinski definition) is 6. The van der Waals surface area contributed by atoms with E-state index in [0.29, 0.717) is 11.1 Å². The largest absolute Gasteiger partial charge is 0.504 e. The van der Waals surface area contributed by atoms with Crippen molar-refractivity contribution in [3.05, 3.63) is 47.5 Å². The summed E-state index contributed by atoms with van der Waals surface area (Å²) in [5, 5.41) is 19.5. The fourth-order valence-corrected chi connectivity index (χ4v) is 4.86. The Bertz CT molecular complexity index is 876. The Kier molecular flexibility index (Phi) is 9.85. The minimum Gasteiger partial charge on any atom is -0.504 e. The second-order valence-corrected chi connectivity index (χ2v) is 10.5. The molecule has 10 heteroatoms. The van der Waals surface area contributed by atoms with Crippen molar-refractivity contribution in [2.24, 2.45) is 0 Å². The lowest BCUT2D eigenvalue weighted by Crippen LogP contribution is -2.27. The Morgan fingerprint density at radius 3 is 1.45 bits per heavy atom. The zero-order chi connectivity index (χ0) is 23.3. The maximum atomic E-state index is 12.7. The number of phenolic OH excluding ortho intramolecular Hbond substituents is 2. The van der Waals surface area contributed by atoms with Gasteiger partial charge in [0, 0.05) is 0 Å². The summed E-state index contributed by atoms with van der Waals surface area (Å²) in [7, 11) is 2.88. The average molecular weight is 688 g/mol. The van der Waals surface area contributed by atoms with Crippen LogP contribution in [-0.4, -0.2) is 45.7 Å². The van der Waals surface area contributed by atoms with E-state index in [0.717, 1.165) is 0 Å². The number of ether oxygens (including phenoxy) is 2. The summed E-state index contributed by atoms with van der Waals surface area (Å²) in [6.45, 7) is 0. The Morgan fingerprint density at radius 1 is 0.774 bits per heavy atom. The van der Waals surface area contributed by atoms with Crippen LogP contribution in [0.1, 0.15) is 27.2 Å². The predicted molar refractivity (Wildman–Crippen MR) is 133 cm³/mol.